The van der Waals surface area contributed by atoms with Crippen LogP contribution in [0.4, 0.5) is 0 Å². The highest BCUT2D eigenvalue weighted by molar-refractivity contribution is 6.34. The summed E-state index contributed by atoms with van der Waals surface area (Å²) in [4.78, 5) is 24.1. The molecule has 1 aromatic rings. The highest BCUT2D eigenvalue weighted by atomic mass is 35.5. The topological polar surface area (TPSA) is 64.6 Å². The van der Waals surface area contributed by atoms with Crippen molar-refractivity contribution in [3.63, 3.8) is 0 Å². The van der Waals surface area contributed by atoms with Crippen molar-refractivity contribution in [1.29, 1.82) is 0 Å². The van der Waals surface area contributed by atoms with E-state index in [1.807, 2.05) is 19.9 Å². The fourth-order valence-electron chi connectivity index (χ4n) is 2.47. The molecule has 0 saturated carbocycles. The summed E-state index contributed by atoms with van der Waals surface area (Å²) in [5.74, 6) is -0.594. The van der Waals surface area contributed by atoms with Gasteiger partial charge in [0.2, 0.25) is 0 Å². The molecule has 0 spiro atoms. The van der Waals surface area contributed by atoms with E-state index in [-0.39, 0.29) is 5.92 Å². The Balaban J connectivity index is 2.86. The number of halogens is 2. The minimum Gasteiger partial charge on any atom is -0.468 e. The molecule has 5 nitrogen and oxygen atoms in total. The smallest absolute Gasteiger partial charge is 0.323 e. The lowest BCUT2D eigenvalue weighted by molar-refractivity contribution is -0.146. The molecule has 0 aliphatic heterocycles. The summed E-state index contributed by atoms with van der Waals surface area (Å²) in [6, 6.07) is 3.92. The third kappa shape index (κ3) is 7.77. The first-order chi connectivity index (χ1) is 12.3. The molecule has 0 saturated heterocycles. The number of nitrogens with one attached hydrogen (secondary N) is 1. The molecule has 1 N–H and O–H groups in total. The van der Waals surface area contributed by atoms with Crippen molar-refractivity contribution >= 4 is 41.2 Å². The first-order valence-electron chi connectivity index (χ1n) is 8.31. The maximum absolute atomic E-state index is 12.1. The Bertz CT molecular complexity index is 626. The fraction of sp³-hybridized carbons (Fsp3) is 0.474. The lowest BCUT2D eigenvalue weighted by Gasteiger charge is -2.23. The number of hydrogen-bond acceptors (Lipinski definition) is 5. The second-order valence-electron chi connectivity index (χ2n) is 6.29. The molecule has 2 atom stereocenters. The van der Waals surface area contributed by atoms with Crippen LogP contribution in [0.3, 0.4) is 0 Å². The van der Waals surface area contributed by atoms with Gasteiger partial charge in [0.25, 0.3) is 0 Å². The van der Waals surface area contributed by atoms with Gasteiger partial charge in [-0.15, -0.1) is 0 Å². The summed E-state index contributed by atoms with van der Waals surface area (Å²) >= 11 is 12.0. The van der Waals surface area contributed by atoms with Crippen LogP contribution in [0.2, 0.25) is 10.0 Å². The van der Waals surface area contributed by atoms with Crippen molar-refractivity contribution in [2.45, 2.75) is 38.8 Å². The lowest BCUT2D eigenvalue weighted by atomic mass is 10.0. The Hall–Kier alpha value is -1.56. The van der Waals surface area contributed by atoms with Crippen LogP contribution in [0.25, 0.3) is 6.08 Å². The van der Waals surface area contributed by atoms with E-state index in [0.29, 0.717) is 22.9 Å². The fourth-order valence-corrected chi connectivity index (χ4v) is 3.02. The third-order valence-corrected chi connectivity index (χ3v) is 4.08. The number of esters is 2. The zero-order chi connectivity index (χ0) is 19.7. The van der Waals surface area contributed by atoms with Gasteiger partial charge in [-0.3, -0.25) is 14.9 Å². The molecule has 0 bridgehead atoms. The first-order valence-corrected chi connectivity index (χ1v) is 9.06. The second-order valence-corrected chi connectivity index (χ2v) is 7.16. The van der Waals surface area contributed by atoms with Crippen LogP contribution in [-0.4, -0.2) is 38.2 Å². The van der Waals surface area contributed by atoms with Crippen LogP contribution in [0, 0.1) is 5.92 Å². The van der Waals surface area contributed by atoms with E-state index in [1.165, 1.54) is 14.2 Å². The van der Waals surface area contributed by atoms with Crippen molar-refractivity contribution in [3.8, 4) is 0 Å². The van der Waals surface area contributed by atoms with E-state index >= 15 is 0 Å². The molecule has 0 amide bonds. The largest absolute Gasteiger partial charge is 0.468 e. The zero-order valence-electron chi connectivity index (χ0n) is 15.4. The van der Waals surface area contributed by atoms with Gasteiger partial charge in [0.05, 0.1) is 14.2 Å². The molecule has 0 unspecified atom stereocenters. The van der Waals surface area contributed by atoms with Gasteiger partial charge in [0, 0.05) is 10.0 Å². The van der Waals surface area contributed by atoms with Gasteiger partial charge in [-0.25, -0.2) is 0 Å². The van der Waals surface area contributed by atoms with E-state index in [0.717, 1.165) is 5.56 Å². The van der Waals surface area contributed by atoms with Gasteiger partial charge in [0.1, 0.15) is 12.1 Å². The summed E-state index contributed by atoms with van der Waals surface area (Å²) < 4.78 is 9.67. The first kappa shape index (κ1) is 22.5. The van der Waals surface area contributed by atoms with Gasteiger partial charge >= 0.3 is 11.9 Å². The van der Waals surface area contributed by atoms with E-state index in [2.05, 4.69) is 5.32 Å². The summed E-state index contributed by atoms with van der Waals surface area (Å²) in [7, 11) is 2.64. The molecule has 0 heterocycles. The average Bonchev–Trinajstić information content (AvgIpc) is 2.57. The van der Waals surface area contributed by atoms with Gasteiger partial charge in [-0.1, -0.05) is 49.2 Å². The summed E-state index contributed by atoms with van der Waals surface area (Å²) in [5, 5.41) is 4.10. The van der Waals surface area contributed by atoms with Gasteiger partial charge in [-0.05, 0) is 42.5 Å². The number of ether oxygens (including phenoxy) is 2. The number of carbonyl (C=O) groups is 2. The quantitative estimate of drug-likeness (QED) is 0.630. The number of rotatable bonds is 9. The van der Waals surface area contributed by atoms with E-state index in [9.17, 15) is 9.59 Å². The number of hydrogen-bond donors (Lipinski definition) is 1. The second kappa shape index (κ2) is 11.2. The van der Waals surface area contributed by atoms with Gasteiger partial charge in [0.15, 0.2) is 0 Å². The van der Waals surface area contributed by atoms with Gasteiger partial charge < -0.3 is 9.47 Å². The minimum atomic E-state index is -0.672. The van der Waals surface area contributed by atoms with E-state index in [4.69, 9.17) is 32.7 Å². The summed E-state index contributed by atoms with van der Waals surface area (Å²) in [6.07, 6.45) is 4.50. The molecular formula is C19H25Cl2NO4. The molecule has 0 aromatic heterocycles. The molecular weight excluding hydrogens is 377 g/mol. The maximum Gasteiger partial charge on any atom is 0.323 e. The van der Waals surface area contributed by atoms with E-state index in [1.54, 1.807) is 24.3 Å². The number of benzene rings is 1. The lowest BCUT2D eigenvalue weighted by Crippen LogP contribution is -2.48. The molecule has 0 aliphatic carbocycles. The van der Waals surface area contributed by atoms with Crippen LogP contribution in [-0.2, 0) is 19.1 Å². The van der Waals surface area contributed by atoms with Crippen LogP contribution in [0.1, 0.15) is 32.3 Å². The predicted octanol–water partition coefficient (Wildman–Crippen LogP) is 4.12. The third-order valence-electron chi connectivity index (χ3n) is 3.65. The van der Waals surface area contributed by atoms with Crippen LogP contribution in [0.15, 0.2) is 24.3 Å². The standard InChI is InChI=1S/C19H25Cl2NO4/c1-12(2)8-17(19(24)26-4)22-16(18(23)25-3)7-5-6-13-9-14(20)11-15(21)10-13/h5-6,9-12,16-17,22H,7-8H2,1-4H3/b6-5-/t16-,17-/m0/s1. The molecule has 144 valence electrons. The van der Waals surface area contributed by atoms with E-state index < -0.39 is 24.0 Å². The van der Waals surface area contributed by atoms with Gasteiger partial charge in [-0.2, -0.15) is 0 Å². The number of methoxy groups -OCH3 is 2. The SMILES string of the molecule is COC(=O)[C@H](C/C=C\c1cc(Cl)cc(Cl)c1)N[C@@H](CC(C)C)C(=O)OC. The Kier molecular flexibility index (Phi) is 9.70. The predicted molar refractivity (Wildman–Crippen MR) is 104 cm³/mol. The van der Waals surface area contributed by atoms with Crippen LogP contribution in [0.5, 0.6) is 0 Å². The maximum atomic E-state index is 12.1. The van der Waals surface area contributed by atoms with Crippen LogP contribution < -0.4 is 5.32 Å². The average molecular weight is 402 g/mol. The molecule has 1 aromatic carbocycles. The molecule has 1 rings (SSSR count). The molecule has 0 radical (unpaired) electrons. The van der Waals surface area contributed by atoms with Crippen molar-refractivity contribution in [2.24, 2.45) is 5.92 Å². The highest BCUT2D eigenvalue weighted by Gasteiger charge is 2.27. The normalized spacial score (nSPS) is 13.7. The monoisotopic (exact) mass is 401 g/mol. The van der Waals surface area contributed by atoms with Crippen molar-refractivity contribution in [2.75, 3.05) is 14.2 Å². The molecule has 26 heavy (non-hydrogen) atoms. The zero-order valence-corrected chi connectivity index (χ0v) is 16.9. The Morgan fingerprint density at radius 2 is 1.58 bits per heavy atom. The Morgan fingerprint density at radius 3 is 2.08 bits per heavy atom. The Morgan fingerprint density at radius 1 is 1.04 bits per heavy atom. The molecule has 7 heteroatoms. The molecule has 0 fully saturated rings. The van der Waals surface area contributed by atoms with Crippen molar-refractivity contribution in [3.05, 3.63) is 39.9 Å². The van der Waals surface area contributed by atoms with Crippen molar-refractivity contribution < 1.29 is 19.1 Å². The molecule has 0 aliphatic rings. The van der Waals surface area contributed by atoms with Crippen LogP contribution >= 0.6 is 23.2 Å². The minimum absolute atomic E-state index is 0.258. The summed E-state index contributed by atoms with van der Waals surface area (Å²) in [6.45, 7) is 3.99. The Labute approximate surface area is 164 Å². The highest BCUT2D eigenvalue weighted by Crippen LogP contribution is 2.20. The number of carbonyl (C=O) groups excluding carboxylic acids is 2. The summed E-state index contributed by atoms with van der Waals surface area (Å²) in [5.41, 5.74) is 0.817. The van der Waals surface area contributed by atoms with Crippen molar-refractivity contribution in [1.82, 2.24) is 5.32 Å².